The Kier molecular flexibility index (Phi) is 3.80. The molecule has 0 saturated carbocycles. The fraction of sp³-hybridized carbons (Fsp3) is 0.167. The summed E-state index contributed by atoms with van der Waals surface area (Å²) in [6.07, 6.45) is 5.30. The van der Waals surface area contributed by atoms with Crippen LogP contribution in [0.15, 0.2) is 48.0 Å². The van der Waals surface area contributed by atoms with Crippen LogP contribution >= 0.6 is 0 Å². The fourth-order valence-electron chi connectivity index (χ4n) is 1.52. The molecule has 1 aromatic heterocycles. The van der Waals surface area contributed by atoms with Crippen LogP contribution in [0.5, 0.6) is 5.75 Å². The minimum absolute atomic E-state index is 0.0708. The van der Waals surface area contributed by atoms with Crippen LogP contribution in [0.3, 0.4) is 0 Å². The van der Waals surface area contributed by atoms with E-state index in [0.717, 1.165) is 11.4 Å². The Bertz CT molecular complexity index is 517. The minimum Gasteiger partial charge on any atom is -0.489 e. The Hall–Kier alpha value is -2.50. The monoisotopic (exact) mass is 245 g/mol. The van der Waals surface area contributed by atoms with Gasteiger partial charge in [-0.2, -0.15) is 0 Å². The maximum atomic E-state index is 5.64. The lowest BCUT2D eigenvalue weighted by Gasteiger charge is -2.10. The highest BCUT2D eigenvalue weighted by Gasteiger charge is 2.03. The van der Waals surface area contributed by atoms with Gasteiger partial charge in [0.05, 0.1) is 18.6 Å². The molecule has 0 aliphatic carbocycles. The average molecular weight is 245 g/mol. The molecule has 0 fully saturated rings. The van der Waals surface area contributed by atoms with Gasteiger partial charge in [0.1, 0.15) is 12.4 Å². The summed E-state index contributed by atoms with van der Waals surface area (Å²) in [7, 11) is 0. The normalized spacial score (nSPS) is 10.0. The number of hydrogen-bond acceptors (Lipinski definition) is 3. The summed E-state index contributed by atoms with van der Waals surface area (Å²) < 4.78 is 7.53. The lowest BCUT2D eigenvalue weighted by molar-refractivity contribution is 0.327. The zero-order chi connectivity index (χ0) is 12.8. The molecule has 6 nitrogen and oxygen atoms in total. The van der Waals surface area contributed by atoms with E-state index < -0.39 is 0 Å². The second-order valence-electron chi connectivity index (χ2n) is 3.59. The van der Waals surface area contributed by atoms with E-state index in [-0.39, 0.29) is 5.96 Å². The summed E-state index contributed by atoms with van der Waals surface area (Å²) in [5.41, 5.74) is 11.4. The first-order valence-electron chi connectivity index (χ1n) is 5.53. The molecular weight excluding hydrogens is 230 g/mol. The van der Waals surface area contributed by atoms with Crippen molar-refractivity contribution >= 4 is 5.96 Å². The number of nitrogens with two attached hydrogens (primary N) is 2. The van der Waals surface area contributed by atoms with Gasteiger partial charge in [0.2, 0.25) is 0 Å². The molecule has 2 rings (SSSR count). The first-order valence-corrected chi connectivity index (χ1v) is 5.53. The Labute approximate surface area is 105 Å². The van der Waals surface area contributed by atoms with Crippen LogP contribution in [0.25, 0.3) is 5.69 Å². The Morgan fingerprint density at radius 1 is 1.33 bits per heavy atom. The van der Waals surface area contributed by atoms with E-state index in [1.54, 1.807) is 12.5 Å². The minimum atomic E-state index is 0.0708. The van der Waals surface area contributed by atoms with Gasteiger partial charge in [0.15, 0.2) is 5.96 Å². The Balaban J connectivity index is 2.07. The molecule has 2 aromatic rings. The number of hydrogen-bond donors (Lipinski definition) is 2. The Morgan fingerprint density at radius 3 is 2.89 bits per heavy atom. The quantitative estimate of drug-likeness (QED) is 0.456. The van der Waals surface area contributed by atoms with Gasteiger partial charge in [0, 0.05) is 12.4 Å². The summed E-state index contributed by atoms with van der Waals surface area (Å²) in [5, 5.41) is 0. The molecule has 6 heteroatoms. The largest absolute Gasteiger partial charge is 0.489 e. The fourth-order valence-corrected chi connectivity index (χ4v) is 1.52. The summed E-state index contributed by atoms with van der Waals surface area (Å²) in [4.78, 5) is 7.87. The van der Waals surface area contributed by atoms with Crippen molar-refractivity contribution in [2.75, 3.05) is 13.2 Å². The molecule has 4 N–H and O–H groups in total. The number of rotatable bonds is 5. The van der Waals surface area contributed by atoms with Gasteiger partial charge >= 0.3 is 0 Å². The molecule has 0 aliphatic heterocycles. The van der Waals surface area contributed by atoms with Crippen LogP contribution in [0.1, 0.15) is 0 Å². The van der Waals surface area contributed by atoms with E-state index in [9.17, 15) is 0 Å². The second kappa shape index (κ2) is 5.72. The molecule has 0 spiro atoms. The summed E-state index contributed by atoms with van der Waals surface area (Å²) in [6, 6.07) is 7.71. The number of para-hydroxylation sites is 2. The maximum Gasteiger partial charge on any atom is 0.186 e. The van der Waals surface area contributed by atoms with Crippen molar-refractivity contribution in [3.63, 3.8) is 0 Å². The van der Waals surface area contributed by atoms with Crippen molar-refractivity contribution in [3.8, 4) is 11.4 Å². The van der Waals surface area contributed by atoms with Crippen molar-refractivity contribution < 1.29 is 4.74 Å². The van der Waals surface area contributed by atoms with E-state index in [0.29, 0.717) is 13.2 Å². The lowest BCUT2D eigenvalue weighted by atomic mass is 10.3. The number of ether oxygens (including phenoxy) is 1. The zero-order valence-electron chi connectivity index (χ0n) is 9.86. The predicted molar refractivity (Wildman–Crippen MR) is 69.7 cm³/mol. The molecule has 0 saturated heterocycles. The molecule has 0 bridgehead atoms. The van der Waals surface area contributed by atoms with Gasteiger partial charge in [-0.05, 0) is 12.1 Å². The van der Waals surface area contributed by atoms with Gasteiger partial charge < -0.3 is 20.8 Å². The van der Waals surface area contributed by atoms with Gasteiger partial charge in [-0.25, -0.2) is 4.98 Å². The number of nitrogens with zero attached hydrogens (tertiary/aromatic N) is 3. The SMILES string of the molecule is NC(N)=NCCOc1ccccc1-n1ccnc1. The van der Waals surface area contributed by atoms with E-state index in [4.69, 9.17) is 16.2 Å². The average Bonchev–Trinajstić information content (AvgIpc) is 2.88. The van der Waals surface area contributed by atoms with Gasteiger partial charge in [0.25, 0.3) is 0 Å². The molecule has 0 atom stereocenters. The van der Waals surface area contributed by atoms with E-state index in [1.165, 1.54) is 0 Å². The third kappa shape index (κ3) is 3.00. The van der Waals surface area contributed by atoms with E-state index >= 15 is 0 Å². The van der Waals surface area contributed by atoms with Gasteiger partial charge in [-0.3, -0.25) is 4.99 Å². The van der Waals surface area contributed by atoms with Crippen LogP contribution in [-0.4, -0.2) is 28.7 Å². The summed E-state index contributed by atoms with van der Waals surface area (Å²) >= 11 is 0. The van der Waals surface area contributed by atoms with Crippen LogP contribution in [-0.2, 0) is 0 Å². The molecule has 0 amide bonds. The summed E-state index contributed by atoms with van der Waals surface area (Å²) in [6.45, 7) is 0.851. The highest BCUT2D eigenvalue weighted by Crippen LogP contribution is 2.21. The number of imidazole rings is 1. The Morgan fingerprint density at radius 2 is 2.17 bits per heavy atom. The third-order valence-corrected chi connectivity index (χ3v) is 2.29. The second-order valence-corrected chi connectivity index (χ2v) is 3.59. The van der Waals surface area contributed by atoms with E-state index in [2.05, 4.69) is 9.98 Å². The van der Waals surface area contributed by atoms with Crippen molar-refractivity contribution in [2.45, 2.75) is 0 Å². The standard InChI is InChI=1S/C12H15N5O/c13-12(14)16-6-8-18-11-4-2-1-3-10(11)17-7-5-15-9-17/h1-5,7,9H,6,8H2,(H4,13,14,16). The highest BCUT2D eigenvalue weighted by atomic mass is 16.5. The first-order chi connectivity index (χ1) is 8.77. The lowest BCUT2D eigenvalue weighted by Crippen LogP contribution is -2.23. The molecule has 94 valence electrons. The number of aliphatic imine (C=N–C) groups is 1. The molecule has 1 aromatic carbocycles. The molecule has 0 radical (unpaired) electrons. The number of benzene rings is 1. The first kappa shape index (κ1) is 12.0. The number of aromatic nitrogens is 2. The van der Waals surface area contributed by atoms with Crippen molar-refractivity contribution in [2.24, 2.45) is 16.5 Å². The molecular formula is C12H15N5O. The molecule has 18 heavy (non-hydrogen) atoms. The van der Waals surface area contributed by atoms with Crippen molar-refractivity contribution in [1.29, 1.82) is 0 Å². The molecule has 0 unspecified atom stereocenters. The predicted octanol–water partition coefficient (Wildman–Crippen LogP) is 0.524. The summed E-state index contributed by atoms with van der Waals surface area (Å²) in [5.74, 6) is 0.836. The van der Waals surface area contributed by atoms with Crippen molar-refractivity contribution in [1.82, 2.24) is 9.55 Å². The third-order valence-electron chi connectivity index (χ3n) is 2.29. The number of guanidine groups is 1. The van der Waals surface area contributed by atoms with Crippen molar-refractivity contribution in [3.05, 3.63) is 43.0 Å². The van der Waals surface area contributed by atoms with Crippen LogP contribution in [0.4, 0.5) is 0 Å². The van der Waals surface area contributed by atoms with E-state index in [1.807, 2.05) is 35.0 Å². The smallest absolute Gasteiger partial charge is 0.186 e. The maximum absolute atomic E-state index is 5.64. The zero-order valence-corrected chi connectivity index (χ0v) is 9.86. The molecule has 1 heterocycles. The van der Waals surface area contributed by atoms with Crippen LogP contribution < -0.4 is 16.2 Å². The van der Waals surface area contributed by atoms with Crippen LogP contribution in [0.2, 0.25) is 0 Å². The topological polar surface area (TPSA) is 91.5 Å². The highest BCUT2D eigenvalue weighted by molar-refractivity contribution is 5.75. The van der Waals surface area contributed by atoms with Gasteiger partial charge in [-0.1, -0.05) is 12.1 Å². The van der Waals surface area contributed by atoms with Crippen LogP contribution in [0, 0.1) is 0 Å². The molecule has 0 aliphatic rings. The van der Waals surface area contributed by atoms with Gasteiger partial charge in [-0.15, -0.1) is 0 Å².